The minimum atomic E-state index is -0.616. The van der Waals surface area contributed by atoms with Crippen LogP contribution in [0.25, 0.3) is 11.3 Å². The van der Waals surface area contributed by atoms with E-state index in [1.807, 2.05) is 60.0 Å². The average Bonchev–Trinajstić information content (AvgIpc) is 3.06. The number of anilines is 1. The number of amides is 1. The number of aromatic nitrogens is 1. The zero-order chi connectivity index (χ0) is 16.9. The molecule has 4 nitrogen and oxygen atoms in total. The van der Waals surface area contributed by atoms with E-state index in [0.717, 1.165) is 15.7 Å². The molecule has 1 atom stereocenters. The first-order valence-corrected chi connectivity index (χ1v) is 9.03. The van der Waals surface area contributed by atoms with Gasteiger partial charge in [-0.05, 0) is 31.2 Å². The van der Waals surface area contributed by atoms with Gasteiger partial charge in [-0.2, -0.15) is 0 Å². The van der Waals surface area contributed by atoms with E-state index in [2.05, 4.69) is 26.2 Å². The van der Waals surface area contributed by atoms with Crippen molar-refractivity contribution in [2.24, 2.45) is 0 Å². The van der Waals surface area contributed by atoms with Crippen molar-refractivity contribution in [2.75, 3.05) is 5.32 Å². The fourth-order valence-electron chi connectivity index (χ4n) is 2.05. The number of nitrogens with one attached hydrogen (secondary N) is 1. The lowest BCUT2D eigenvalue weighted by molar-refractivity contribution is -0.122. The van der Waals surface area contributed by atoms with Gasteiger partial charge in [-0.3, -0.25) is 10.1 Å². The number of ether oxygens (including phenoxy) is 1. The first kappa shape index (κ1) is 16.7. The molecular weight excluding hydrogens is 388 g/mol. The molecule has 3 rings (SSSR count). The van der Waals surface area contributed by atoms with Crippen LogP contribution in [0, 0.1) is 0 Å². The van der Waals surface area contributed by atoms with Gasteiger partial charge in [0.2, 0.25) is 0 Å². The molecule has 1 heterocycles. The lowest BCUT2D eigenvalue weighted by Crippen LogP contribution is -2.30. The molecule has 0 saturated carbocycles. The van der Waals surface area contributed by atoms with Crippen molar-refractivity contribution in [3.63, 3.8) is 0 Å². The number of hydrogen-bond acceptors (Lipinski definition) is 4. The van der Waals surface area contributed by atoms with Gasteiger partial charge in [0.25, 0.3) is 5.91 Å². The predicted molar refractivity (Wildman–Crippen MR) is 100 cm³/mol. The Bertz CT molecular complexity index is 819. The maximum atomic E-state index is 12.3. The normalized spacial score (nSPS) is 11.8. The van der Waals surface area contributed by atoms with Crippen molar-refractivity contribution in [3.8, 4) is 17.0 Å². The monoisotopic (exact) mass is 402 g/mol. The van der Waals surface area contributed by atoms with E-state index in [4.69, 9.17) is 4.74 Å². The molecule has 0 aliphatic rings. The molecule has 0 spiro atoms. The minimum absolute atomic E-state index is 0.230. The van der Waals surface area contributed by atoms with E-state index in [1.54, 1.807) is 6.92 Å². The van der Waals surface area contributed by atoms with Crippen LogP contribution in [0.5, 0.6) is 5.75 Å². The standard InChI is InChI=1S/C18H15BrN2O2S/c1-12(23-15-9-7-14(19)8-10-15)17(22)21-18-20-16(11-24-18)13-5-3-2-4-6-13/h2-12H,1H3,(H,20,21,22). The predicted octanol–water partition coefficient (Wildman–Crippen LogP) is 4.98. The van der Waals surface area contributed by atoms with Crippen molar-refractivity contribution in [2.45, 2.75) is 13.0 Å². The number of carbonyl (C=O) groups is 1. The van der Waals surface area contributed by atoms with Crippen LogP contribution in [0.1, 0.15) is 6.92 Å². The third kappa shape index (κ3) is 4.21. The van der Waals surface area contributed by atoms with Crippen LogP contribution in [0.3, 0.4) is 0 Å². The highest BCUT2D eigenvalue weighted by molar-refractivity contribution is 9.10. The Morgan fingerprint density at radius 3 is 2.58 bits per heavy atom. The molecule has 2 aromatic carbocycles. The number of benzene rings is 2. The highest BCUT2D eigenvalue weighted by atomic mass is 79.9. The number of hydrogen-bond donors (Lipinski definition) is 1. The molecule has 1 N–H and O–H groups in total. The molecule has 0 radical (unpaired) electrons. The van der Waals surface area contributed by atoms with Crippen molar-refractivity contribution in [1.82, 2.24) is 4.98 Å². The number of carbonyl (C=O) groups excluding carboxylic acids is 1. The van der Waals surface area contributed by atoms with Gasteiger partial charge in [-0.1, -0.05) is 46.3 Å². The van der Waals surface area contributed by atoms with E-state index >= 15 is 0 Å². The highest BCUT2D eigenvalue weighted by Gasteiger charge is 2.16. The van der Waals surface area contributed by atoms with Gasteiger partial charge >= 0.3 is 0 Å². The van der Waals surface area contributed by atoms with Crippen LogP contribution in [-0.2, 0) is 4.79 Å². The van der Waals surface area contributed by atoms with Crippen LogP contribution >= 0.6 is 27.3 Å². The number of rotatable bonds is 5. The summed E-state index contributed by atoms with van der Waals surface area (Å²) in [5.41, 5.74) is 1.87. The van der Waals surface area contributed by atoms with Crippen LogP contribution in [0.2, 0.25) is 0 Å². The Labute approximate surface area is 152 Å². The van der Waals surface area contributed by atoms with E-state index < -0.39 is 6.10 Å². The summed E-state index contributed by atoms with van der Waals surface area (Å²) in [5, 5.41) is 5.28. The zero-order valence-electron chi connectivity index (χ0n) is 12.9. The summed E-state index contributed by atoms with van der Waals surface area (Å²) in [6, 6.07) is 17.2. The molecule has 0 bridgehead atoms. The summed E-state index contributed by atoms with van der Waals surface area (Å²) in [4.78, 5) is 16.7. The van der Waals surface area contributed by atoms with Crippen molar-refractivity contribution >= 4 is 38.3 Å². The number of halogens is 1. The summed E-state index contributed by atoms with van der Waals surface area (Å²) >= 11 is 4.76. The molecule has 0 aliphatic heterocycles. The van der Waals surface area contributed by atoms with E-state index in [9.17, 15) is 4.79 Å². The third-order valence-electron chi connectivity index (χ3n) is 3.30. The molecule has 3 aromatic rings. The van der Waals surface area contributed by atoms with Crippen LogP contribution in [-0.4, -0.2) is 17.0 Å². The summed E-state index contributed by atoms with van der Waals surface area (Å²) in [5.74, 6) is 0.414. The Balaban J connectivity index is 1.62. The molecule has 1 aromatic heterocycles. The Hall–Kier alpha value is -2.18. The number of nitrogens with zero attached hydrogens (tertiary/aromatic N) is 1. The quantitative estimate of drug-likeness (QED) is 0.654. The van der Waals surface area contributed by atoms with Crippen molar-refractivity contribution in [1.29, 1.82) is 0 Å². The molecule has 0 fully saturated rings. The molecular formula is C18H15BrN2O2S. The molecule has 24 heavy (non-hydrogen) atoms. The molecule has 122 valence electrons. The van der Waals surface area contributed by atoms with Crippen LogP contribution < -0.4 is 10.1 Å². The maximum absolute atomic E-state index is 12.3. The minimum Gasteiger partial charge on any atom is -0.481 e. The second-order valence-corrected chi connectivity index (χ2v) is 6.88. The van der Waals surface area contributed by atoms with Crippen molar-refractivity contribution in [3.05, 3.63) is 64.5 Å². The Kier molecular flexibility index (Phi) is 5.27. The zero-order valence-corrected chi connectivity index (χ0v) is 15.3. The first-order valence-electron chi connectivity index (χ1n) is 7.36. The van der Waals surface area contributed by atoms with Gasteiger partial charge in [-0.15, -0.1) is 11.3 Å². The van der Waals surface area contributed by atoms with Gasteiger partial charge in [-0.25, -0.2) is 4.98 Å². The van der Waals surface area contributed by atoms with Gasteiger partial charge < -0.3 is 4.74 Å². The summed E-state index contributed by atoms with van der Waals surface area (Å²) in [6.07, 6.45) is -0.616. The molecule has 1 unspecified atom stereocenters. The molecule has 0 aliphatic carbocycles. The topological polar surface area (TPSA) is 51.2 Å². The highest BCUT2D eigenvalue weighted by Crippen LogP contribution is 2.25. The first-order chi connectivity index (χ1) is 11.6. The third-order valence-corrected chi connectivity index (χ3v) is 4.59. The summed E-state index contributed by atoms with van der Waals surface area (Å²) in [7, 11) is 0. The lowest BCUT2D eigenvalue weighted by atomic mass is 10.2. The maximum Gasteiger partial charge on any atom is 0.266 e. The van der Waals surface area contributed by atoms with Gasteiger partial charge in [0.05, 0.1) is 5.69 Å². The van der Waals surface area contributed by atoms with Crippen molar-refractivity contribution < 1.29 is 9.53 Å². The van der Waals surface area contributed by atoms with Crippen LogP contribution in [0.15, 0.2) is 64.5 Å². The largest absolute Gasteiger partial charge is 0.481 e. The Morgan fingerprint density at radius 2 is 1.88 bits per heavy atom. The van der Waals surface area contributed by atoms with Gasteiger partial charge in [0.1, 0.15) is 5.75 Å². The fraction of sp³-hybridized carbons (Fsp3) is 0.111. The lowest BCUT2D eigenvalue weighted by Gasteiger charge is -2.13. The fourth-order valence-corrected chi connectivity index (χ4v) is 3.04. The second-order valence-electron chi connectivity index (χ2n) is 5.11. The number of thiazole rings is 1. The van der Waals surface area contributed by atoms with E-state index in [-0.39, 0.29) is 5.91 Å². The molecule has 1 amide bonds. The SMILES string of the molecule is CC(Oc1ccc(Br)cc1)C(=O)Nc1nc(-c2ccccc2)cs1. The van der Waals surface area contributed by atoms with Gasteiger partial charge in [0.15, 0.2) is 11.2 Å². The van der Waals surface area contributed by atoms with Crippen LogP contribution in [0.4, 0.5) is 5.13 Å². The average molecular weight is 403 g/mol. The summed E-state index contributed by atoms with van der Waals surface area (Å²) < 4.78 is 6.60. The van der Waals surface area contributed by atoms with E-state index in [1.165, 1.54) is 11.3 Å². The molecule has 6 heteroatoms. The Morgan fingerprint density at radius 1 is 1.17 bits per heavy atom. The smallest absolute Gasteiger partial charge is 0.266 e. The summed E-state index contributed by atoms with van der Waals surface area (Å²) in [6.45, 7) is 1.71. The second kappa shape index (κ2) is 7.59. The van der Waals surface area contributed by atoms with Gasteiger partial charge in [0, 0.05) is 15.4 Å². The molecule has 0 saturated heterocycles. The van der Waals surface area contributed by atoms with E-state index in [0.29, 0.717) is 10.9 Å².